The maximum atomic E-state index is 12.1. The van der Waals surface area contributed by atoms with E-state index in [9.17, 15) is 14.4 Å². The Labute approximate surface area is 174 Å². The van der Waals surface area contributed by atoms with Gasteiger partial charge in [0.2, 0.25) is 11.8 Å². The first-order valence-corrected chi connectivity index (χ1v) is 10.4. The fourth-order valence-electron chi connectivity index (χ4n) is 2.41. The van der Waals surface area contributed by atoms with Crippen LogP contribution in [-0.2, 0) is 14.4 Å². The van der Waals surface area contributed by atoms with Gasteiger partial charge in [-0.25, -0.2) is 0 Å². The first-order chi connectivity index (χ1) is 14.0. The monoisotopic (exact) mass is 415 g/mol. The number of anilines is 2. The molecule has 0 fully saturated rings. The zero-order valence-electron chi connectivity index (χ0n) is 16.5. The molecule has 0 spiro atoms. The number of amides is 3. The standard InChI is InChI=1S/C21H25N3O4S/c1-3-22-19(25)12-28-18-9-5-8-17(11-18)24-21(27)14-29-13-20(26)23-16-7-4-6-15(2)10-16/h4-11H,3,12-14H2,1-2H3,(H,22,25)(H,23,26)(H,24,27). The summed E-state index contributed by atoms with van der Waals surface area (Å²) in [6.07, 6.45) is 0. The van der Waals surface area contributed by atoms with Crippen LogP contribution in [0.4, 0.5) is 11.4 Å². The number of aryl methyl sites for hydroxylation is 1. The average Bonchev–Trinajstić information content (AvgIpc) is 2.67. The van der Waals surface area contributed by atoms with Gasteiger partial charge in [-0.2, -0.15) is 0 Å². The van der Waals surface area contributed by atoms with Gasteiger partial charge in [0.1, 0.15) is 5.75 Å². The Kier molecular flexibility index (Phi) is 9.04. The Morgan fingerprint density at radius 2 is 1.52 bits per heavy atom. The van der Waals surface area contributed by atoms with E-state index >= 15 is 0 Å². The normalized spacial score (nSPS) is 10.1. The Morgan fingerprint density at radius 1 is 0.897 bits per heavy atom. The molecule has 0 radical (unpaired) electrons. The van der Waals surface area contributed by atoms with Crippen LogP contribution in [0.15, 0.2) is 48.5 Å². The maximum Gasteiger partial charge on any atom is 0.257 e. The number of rotatable bonds is 10. The largest absolute Gasteiger partial charge is 0.484 e. The summed E-state index contributed by atoms with van der Waals surface area (Å²) in [6.45, 7) is 4.24. The minimum Gasteiger partial charge on any atom is -0.484 e. The van der Waals surface area contributed by atoms with Gasteiger partial charge in [0.25, 0.3) is 5.91 Å². The quantitative estimate of drug-likeness (QED) is 0.555. The fraction of sp³-hybridized carbons (Fsp3) is 0.286. The van der Waals surface area contributed by atoms with Crippen LogP contribution >= 0.6 is 11.8 Å². The number of carbonyl (C=O) groups excluding carboxylic acids is 3. The number of thioether (sulfide) groups is 1. The molecule has 0 heterocycles. The molecule has 3 N–H and O–H groups in total. The lowest BCUT2D eigenvalue weighted by atomic mass is 10.2. The number of nitrogens with one attached hydrogen (secondary N) is 3. The second-order valence-electron chi connectivity index (χ2n) is 6.23. The van der Waals surface area contributed by atoms with Crippen molar-refractivity contribution in [3.8, 4) is 5.75 Å². The van der Waals surface area contributed by atoms with Gasteiger partial charge in [0, 0.05) is 24.0 Å². The van der Waals surface area contributed by atoms with Crippen molar-refractivity contribution in [2.75, 3.05) is 35.3 Å². The van der Waals surface area contributed by atoms with Gasteiger partial charge in [0.05, 0.1) is 11.5 Å². The number of hydrogen-bond donors (Lipinski definition) is 3. The minimum absolute atomic E-state index is 0.0862. The summed E-state index contributed by atoms with van der Waals surface area (Å²) in [6, 6.07) is 14.3. The first-order valence-electron chi connectivity index (χ1n) is 9.20. The van der Waals surface area contributed by atoms with Crippen molar-refractivity contribution >= 4 is 40.9 Å². The van der Waals surface area contributed by atoms with E-state index in [4.69, 9.17) is 4.74 Å². The van der Waals surface area contributed by atoms with E-state index in [1.807, 2.05) is 38.1 Å². The molecule has 0 aliphatic rings. The van der Waals surface area contributed by atoms with Gasteiger partial charge in [0.15, 0.2) is 6.61 Å². The summed E-state index contributed by atoms with van der Waals surface area (Å²) < 4.78 is 5.40. The molecule has 7 nitrogen and oxygen atoms in total. The zero-order valence-corrected chi connectivity index (χ0v) is 17.3. The number of carbonyl (C=O) groups is 3. The van der Waals surface area contributed by atoms with Gasteiger partial charge in [-0.3, -0.25) is 14.4 Å². The smallest absolute Gasteiger partial charge is 0.257 e. The number of ether oxygens (including phenoxy) is 1. The van der Waals surface area contributed by atoms with Crippen LogP contribution < -0.4 is 20.7 Å². The summed E-state index contributed by atoms with van der Waals surface area (Å²) in [7, 11) is 0. The molecule has 0 saturated heterocycles. The van der Waals surface area contributed by atoms with E-state index in [1.54, 1.807) is 24.3 Å². The van der Waals surface area contributed by atoms with Crippen molar-refractivity contribution in [3.63, 3.8) is 0 Å². The van der Waals surface area contributed by atoms with Gasteiger partial charge in [-0.05, 0) is 43.7 Å². The fourth-order valence-corrected chi connectivity index (χ4v) is 3.03. The third kappa shape index (κ3) is 8.69. The Bertz CT molecular complexity index is 857. The van der Waals surface area contributed by atoms with E-state index in [0.717, 1.165) is 11.3 Å². The molecule has 0 bridgehead atoms. The van der Waals surface area contributed by atoms with Crippen molar-refractivity contribution in [2.45, 2.75) is 13.8 Å². The Hall–Kier alpha value is -3.00. The van der Waals surface area contributed by atoms with Gasteiger partial charge in [-0.1, -0.05) is 18.2 Å². The second kappa shape index (κ2) is 11.8. The molecule has 2 aromatic rings. The van der Waals surface area contributed by atoms with Crippen LogP contribution in [0, 0.1) is 6.92 Å². The lowest BCUT2D eigenvalue weighted by Gasteiger charge is -2.09. The van der Waals surface area contributed by atoms with Gasteiger partial charge in [-0.15, -0.1) is 11.8 Å². The van der Waals surface area contributed by atoms with Crippen molar-refractivity contribution in [2.24, 2.45) is 0 Å². The molecule has 0 aromatic heterocycles. The van der Waals surface area contributed by atoms with Crippen LogP contribution in [0.5, 0.6) is 5.75 Å². The molecule has 0 aliphatic carbocycles. The summed E-state index contributed by atoms with van der Waals surface area (Å²) >= 11 is 1.23. The van der Waals surface area contributed by atoms with Crippen LogP contribution in [-0.4, -0.2) is 42.4 Å². The highest BCUT2D eigenvalue weighted by Crippen LogP contribution is 2.18. The molecule has 2 rings (SSSR count). The molecule has 154 valence electrons. The predicted molar refractivity (Wildman–Crippen MR) is 116 cm³/mol. The van der Waals surface area contributed by atoms with Crippen molar-refractivity contribution in [1.29, 1.82) is 0 Å². The number of hydrogen-bond acceptors (Lipinski definition) is 5. The second-order valence-corrected chi connectivity index (χ2v) is 7.21. The highest BCUT2D eigenvalue weighted by Gasteiger charge is 2.08. The van der Waals surface area contributed by atoms with Crippen molar-refractivity contribution < 1.29 is 19.1 Å². The molecule has 29 heavy (non-hydrogen) atoms. The maximum absolute atomic E-state index is 12.1. The lowest BCUT2D eigenvalue weighted by Crippen LogP contribution is -2.28. The zero-order chi connectivity index (χ0) is 21.1. The van der Waals surface area contributed by atoms with Crippen LogP contribution in [0.3, 0.4) is 0 Å². The topological polar surface area (TPSA) is 96.5 Å². The van der Waals surface area contributed by atoms with E-state index in [0.29, 0.717) is 18.0 Å². The molecule has 0 atom stereocenters. The van der Waals surface area contributed by atoms with Gasteiger partial charge >= 0.3 is 0 Å². The molecule has 8 heteroatoms. The van der Waals surface area contributed by atoms with E-state index in [1.165, 1.54) is 11.8 Å². The molecule has 2 aromatic carbocycles. The van der Waals surface area contributed by atoms with E-state index in [2.05, 4.69) is 16.0 Å². The Balaban J connectivity index is 1.72. The molecular formula is C21H25N3O4S. The van der Waals surface area contributed by atoms with Gasteiger partial charge < -0.3 is 20.7 Å². The van der Waals surface area contributed by atoms with Crippen LogP contribution in [0.2, 0.25) is 0 Å². The molecule has 3 amide bonds. The van der Waals surface area contributed by atoms with Crippen LogP contribution in [0.1, 0.15) is 12.5 Å². The third-order valence-corrected chi connectivity index (χ3v) is 4.56. The molecule has 0 aliphatic heterocycles. The summed E-state index contributed by atoms with van der Waals surface area (Å²) in [5, 5.41) is 8.20. The minimum atomic E-state index is -0.223. The average molecular weight is 416 g/mol. The number of likely N-dealkylation sites (N-methyl/N-ethyl adjacent to an activating group) is 1. The number of benzene rings is 2. The van der Waals surface area contributed by atoms with E-state index < -0.39 is 0 Å². The third-order valence-electron chi connectivity index (χ3n) is 3.63. The van der Waals surface area contributed by atoms with Crippen molar-refractivity contribution in [3.05, 3.63) is 54.1 Å². The SMILES string of the molecule is CCNC(=O)COc1cccc(NC(=O)CSCC(=O)Nc2cccc(C)c2)c1. The highest BCUT2D eigenvalue weighted by molar-refractivity contribution is 8.00. The molecule has 0 saturated carbocycles. The molecular weight excluding hydrogens is 390 g/mol. The summed E-state index contributed by atoms with van der Waals surface area (Å²) in [5.41, 5.74) is 2.37. The summed E-state index contributed by atoms with van der Waals surface area (Å²) in [5.74, 6) is 0.220. The molecule has 0 unspecified atom stereocenters. The van der Waals surface area contributed by atoms with E-state index in [-0.39, 0.29) is 35.8 Å². The highest BCUT2D eigenvalue weighted by atomic mass is 32.2. The van der Waals surface area contributed by atoms with Crippen LogP contribution in [0.25, 0.3) is 0 Å². The van der Waals surface area contributed by atoms with Crippen molar-refractivity contribution in [1.82, 2.24) is 5.32 Å². The predicted octanol–water partition coefficient (Wildman–Crippen LogP) is 2.82. The lowest BCUT2D eigenvalue weighted by molar-refractivity contribution is -0.123. The Morgan fingerprint density at radius 3 is 2.14 bits per heavy atom. The first kappa shape index (κ1) is 22.3. The summed E-state index contributed by atoms with van der Waals surface area (Å²) in [4.78, 5) is 35.5.